The van der Waals surface area contributed by atoms with Crippen LogP contribution >= 0.6 is 11.6 Å². The molecule has 0 bridgehead atoms. The van der Waals surface area contributed by atoms with Crippen LogP contribution in [0.25, 0.3) is 0 Å². The maximum Gasteiger partial charge on any atom is 0.263 e. The molecule has 3 N–H and O–H groups in total. The number of sulfonamides is 1. The van der Waals surface area contributed by atoms with E-state index >= 15 is 0 Å². The van der Waals surface area contributed by atoms with Crippen LogP contribution in [-0.4, -0.2) is 8.42 Å². The number of rotatable bonds is 3. The summed E-state index contributed by atoms with van der Waals surface area (Å²) in [6.07, 6.45) is 0. The zero-order valence-corrected chi connectivity index (χ0v) is 11.2. The lowest BCUT2D eigenvalue weighted by Crippen LogP contribution is -2.13. The second kappa shape index (κ2) is 5.07. The van der Waals surface area contributed by atoms with Gasteiger partial charge in [0.2, 0.25) is 0 Å². The van der Waals surface area contributed by atoms with Gasteiger partial charge in [0.25, 0.3) is 10.0 Å². The second-order valence-electron chi connectivity index (χ2n) is 3.77. The van der Waals surface area contributed by atoms with Crippen molar-refractivity contribution >= 4 is 33.0 Å². The molecule has 2 aromatic carbocycles. The fourth-order valence-electron chi connectivity index (χ4n) is 1.46. The lowest BCUT2D eigenvalue weighted by atomic mass is 10.3. The molecule has 7 heteroatoms. The normalized spacial score (nSPS) is 11.3. The highest BCUT2D eigenvalue weighted by Crippen LogP contribution is 2.24. The van der Waals surface area contributed by atoms with Crippen molar-refractivity contribution in [2.24, 2.45) is 0 Å². The molecule has 0 amide bonds. The van der Waals surface area contributed by atoms with E-state index in [0.29, 0.717) is 0 Å². The van der Waals surface area contributed by atoms with Gasteiger partial charge in [0, 0.05) is 6.07 Å². The van der Waals surface area contributed by atoms with Crippen molar-refractivity contribution < 1.29 is 12.8 Å². The Kier molecular flexibility index (Phi) is 3.64. The number of hydrogen-bond acceptors (Lipinski definition) is 3. The molecule has 0 saturated heterocycles. The predicted octanol–water partition coefficient (Wildman–Crippen LogP) is 2.86. The van der Waals surface area contributed by atoms with Crippen LogP contribution in [0, 0.1) is 5.82 Å². The number of hydrogen-bond donors (Lipinski definition) is 2. The monoisotopic (exact) mass is 300 g/mol. The molecule has 0 saturated carbocycles. The van der Waals surface area contributed by atoms with Gasteiger partial charge in [-0.2, -0.15) is 0 Å². The van der Waals surface area contributed by atoms with Crippen LogP contribution < -0.4 is 10.5 Å². The Bertz CT molecular complexity index is 719. The molecule has 0 aliphatic heterocycles. The summed E-state index contributed by atoms with van der Waals surface area (Å²) in [6.45, 7) is 0. The van der Waals surface area contributed by atoms with E-state index in [-0.39, 0.29) is 21.3 Å². The Labute approximate surface area is 115 Å². The Morgan fingerprint density at radius 3 is 2.47 bits per heavy atom. The standard InChI is InChI=1S/C12H10ClFN2O2S/c13-9-3-1-2-4-12(9)19(17,18)16-8-5-6-11(15)10(14)7-8/h1-7,16H,15H2. The smallest absolute Gasteiger partial charge is 0.263 e. The van der Waals surface area contributed by atoms with Gasteiger partial charge in [-0.15, -0.1) is 0 Å². The Hall–Kier alpha value is -1.79. The highest BCUT2D eigenvalue weighted by molar-refractivity contribution is 7.92. The van der Waals surface area contributed by atoms with E-state index in [1.54, 1.807) is 12.1 Å². The fourth-order valence-corrected chi connectivity index (χ4v) is 3.03. The number of nitrogen functional groups attached to an aromatic ring is 1. The summed E-state index contributed by atoms with van der Waals surface area (Å²) in [4.78, 5) is -0.0751. The third-order valence-electron chi connectivity index (χ3n) is 2.38. The largest absolute Gasteiger partial charge is 0.396 e. The minimum Gasteiger partial charge on any atom is -0.396 e. The molecule has 2 rings (SSSR count). The van der Waals surface area contributed by atoms with Crippen LogP contribution in [0.2, 0.25) is 5.02 Å². The number of halogens is 2. The molecule has 0 aliphatic rings. The topological polar surface area (TPSA) is 72.2 Å². The molecule has 4 nitrogen and oxygen atoms in total. The Morgan fingerprint density at radius 1 is 1.16 bits per heavy atom. The van der Waals surface area contributed by atoms with Crippen molar-refractivity contribution in [2.45, 2.75) is 4.90 Å². The highest BCUT2D eigenvalue weighted by atomic mass is 35.5. The van der Waals surface area contributed by atoms with Gasteiger partial charge in [0.1, 0.15) is 10.7 Å². The van der Waals surface area contributed by atoms with Gasteiger partial charge in [-0.25, -0.2) is 12.8 Å². The highest BCUT2D eigenvalue weighted by Gasteiger charge is 2.17. The minimum absolute atomic E-state index is 0.0549. The number of nitrogens with two attached hydrogens (primary N) is 1. The molecular formula is C12H10ClFN2O2S. The first kappa shape index (κ1) is 13.6. The van der Waals surface area contributed by atoms with E-state index in [4.69, 9.17) is 17.3 Å². The van der Waals surface area contributed by atoms with E-state index in [0.717, 1.165) is 6.07 Å². The van der Waals surface area contributed by atoms with Gasteiger partial charge < -0.3 is 5.73 Å². The van der Waals surface area contributed by atoms with Crippen LogP contribution in [0.1, 0.15) is 0 Å². The van der Waals surface area contributed by atoms with E-state index < -0.39 is 15.8 Å². The van der Waals surface area contributed by atoms with Gasteiger partial charge >= 0.3 is 0 Å². The van der Waals surface area contributed by atoms with E-state index in [1.165, 1.54) is 24.3 Å². The first-order valence-electron chi connectivity index (χ1n) is 5.22. The summed E-state index contributed by atoms with van der Waals surface area (Å²) in [7, 11) is -3.86. The molecule has 0 spiro atoms. The molecule has 19 heavy (non-hydrogen) atoms. The average molecular weight is 301 g/mol. The zero-order valence-electron chi connectivity index (χ0n) is 9.60. The molecule has 0 heterocycles. The first-order valence-corrected chi connectivity index (χ1v) is 7.08. The quantitative estimate of drug-likeness (QED) is 0.856. The molecule has 0 aromatic heterocycles. The molecule has 0 radical (unpaired) electrons. The first-order chi connectivity index (χ1) is 8.90. The predicted molar refractivity (Wildman–Crippen MR) is 73.1 cm³/mol. The van der Waals surface area contributed by atoms with E-state index in [1.807, 2.05) is 0 Å². The van der Waals surface area contributed by atoms with Crippen LogP contribution in [0.15, 0.2) is 47.4 Å². The number of benzene rings is 2. The van der Waals surface area contributed by atoms with Gasteiger partial charge in [-0.05, 0) is 24.3 Å². The van der Waals surface area contributed by atoms with Crippen LogP contribution in [0.3, 0.4) is 0 Å². The number of anilines is 2. The van der Waals surface area contributed by atoms with Crippen LogP contribution in [-0.2, 0) is 10.0 Å². The SMILES string of the molecule is Nc1ccc(NS(=O)(=O)c2ccccc2Cl)cc1F. The van der Waals surface area contributed by atoms with Gasteiger partial charge in [0.05, 0.1) is 16.4 Å². The second-order valence-corrected chi connectivity index (χ2v) is 5.83. The summed E-state index contributed by atoms with van der Waals surface area (Å²) in [5.74, 6) is -0.695. The van der Waals surface area contributed by atoms with Crippen molar-refractivity contribution in [3.8, 4) is 0 Å². The lowest BCUT2D eigenvalue weighted by Gasteiger charge is -2.09. The summed E-state index contributed by atoms with van der Waals surface area (Å²) >= 11 is 5.82. The molecular weight excluding hydrogens is 291 g/mol. The molecule has 0 unspecified atom stereocenters. The van der Waals surface area contributed by atoms with Crippen molar-refractivity contribution in [1.29, 1.82) is 0 Å². The average Bonchev–Trinajstić information content (AvgIpc) is 2.34. The molecule has 0 fully saturated rings. The van der Waals surface area contributed by atoms with Crippen molar-refractivity contribution in [2.75, 3.05) is 10.5 Å². The minimum atomic E-state index is -3.86. The van der Waals surface area contributed by atoms with Crippen molar-refractivity contribution in [3.63, 3.8) is 0 Å². The van der Waals surface area contributed by atoms with E-state index in [2.05, 4.69) is 4.72 Å². The fraction of sp³-hybridized carbons (Fsp3) is 0. The Balaban J connectivity index is 2.37. The van der Waals surface area contributed by atoms with Gasteiger partial charge in [-0.3, -0.25) is 4.72 Å². The zero-order chi connectivity index (χ0) is 14.0. The van der Waals surface area contributed by atoms with Gasteiger partial charge in [-0.1, -0.05) is 23.7 Å². The summed E-state index contributed by atoms with van der Waals surface area (Å²) < 4.78 is 39.6. The van der Waals surface area contributed by atoms with Crippen LogP contribution in [0.4, 0.5) is 15.8 Å². The van der Waals surface area contributed by atoms with Gasteiger partial charge in [0.15, 0.2) is 0 Å². The van der Waals surface area contributed by atoms with E-state index in [9.17, 15) is 12.8 Å². The summed E-state index contributed by atoms with van der Waals surface area (Å²) in [5, 5.41) is 0.0888. The summed E-state index contributed by atoms with van der Waals surface area (Å²) in [5.41, 5.74) is 5.34. The third kappa shape index (κ3) is 2.97. The molecule has 0 atom stereocenters. The van der Waals surface area contributed by atoms with Crippen LogP contribution in [0.5, 0.6) is 0 Å². The molecule has 0 aliphatic carbocycles. The van der Waals surface area contributed by atoms with Crippen molar-refractivity contribution in [3.05, 3.63) is 53.3 Å². The third-order valence-corrected chi connectivity index (χ3v) is 4.26. The lowest BCUT2D eigenvalue weighted by molar-refractivity contribution is 0.601. The maximum atomic E-state index is 13.3. The number of nitrogens with one attached hydrogen (secondary N) is 1. The maximum absolute atomic E-state index is 13.3. The summed E-state index contributed by atoms with van der Waals surface area (Å²) in [6, 6.07) is 9.63. The molecule has 2 aromatic rings. The molecule has 100 valence electrons. The Morgan fingerprint density at radius 2 is 1.84 bits per heavy atom. The van der Waals surface area contributed by atoms with Crippen molar-refractivity contribution in [1.82, 2.24) is 0 Å².